The molecule has 0 fully saturated rings. The van der Waals surface area contributed by atoms with Gasteiger partial charge in [0.05, 0.1) is 15.1 Å². The largest absolute Gasteiger partial charge is 0.454 e. The highest BCUT2D eigenvalue weighted by molar-refractivity contribution is 7.22. The Labute approximate surface area is 171 Å². The minimum Gasteiger partial charge on any atom is -0.454 e. The van der Waals surface area contributed by atoms with Crippen molar-refractivity contribution >= 4 is 56.3 Å². The molecular formula is C18H20ClN3O3S2. The van der Waals surface area contributed by atoms with Crippen LogP contribution in [0.3, 0.4) is 0 Å². The third-order valence-corrected chi connectivity index (χ3v) is 5.97. The van der Waals surface area contributed by atoms with Gasteiger partial charge in [-0.25, -0.2) is 4.98 Å². The van der Waals surface area contributed by atoms with Crippen molar-refractivity contribution in [3.8, 4) is 11.5 Å². The van der Waals surface area contributed by atoms with E-state index in [2.05, 4.69) is 4.90 Å². The summed E-state index contributed by atoms with van der Waals surface area (Å²) in [4.78, 5) is 22.3. The minimum atomic E-state index is -0.00199. The molecule has 0 radical (unpaired) electrons. The molecule has 0 saturated heterocycles. The monoisotopic (exact) mass is 425 g/mol. The van der Waals surface area contributed by atoms with Crippen molar-refractivity contribution in [1.29, 1.82) is 0 Å². The van der Waals surface area contributed by atoms with E-state index in [4.69, 9.17) is 14.5 Å². The number of thiophene rings is 1. The summed E-state index contributed by atoms with van der Waals surface area (Å²) >= 11 is 2.96. The van der Waals surface area contributed by atoms with Crippen LogP contribution < -0.4 is 14.4 Å². The second-order valence-corrected chi connectivity index (χ2v) is 8.22. The summed E-state index contributed by atoms with van der Waals surface area (Å²) in [6, 6.07) is 7.57. The van der Waals surface area contributed by atoms with E-state index in [1.807, 2.05) is 43.7 Å². The first-order valence-electron chi connectivity index (χ1n) is 8.32. The van der Waals surface area contributed by atoms with Crippen LogP contribution in [-0.2, 0) is 0 Å². The number of carbonyl (C=O) groups excluding carboxylic acids is 1. The third-order valence-electron chi connectivity index (χ3n) is 4.07. The van der Waals surface area contributed by atoms with Crippen LogP contribution in [0.25, 0.3) is 10.2 Å². The molecule has 3 heterocycles. The van der Waals surface area contributed by atoms with Gasteiger partial charge in [-0.1, -0.05) is 17.4 Å². The molecule has 1 aliphatic heterocycles. The van der Waals surface area contributed by atoms with Gasteiger partial charge in [0.1, 0.15) is 0 Å². The summed E-state index contributed by atoms with van der Waals surface area (Å²) in [6.07, 6.45) is 0.878. The third kappa shape index (κ3) is 4.19. The van der Waals surface area contributed by atoms with E-state index in [1.54, 1.807) is 4.90 Å². The molecule has 0 N–H and O–H groups in total. The SMILES string of the molecule is CN(C)CCCN(C(=O)c1cccs1)c1nc2cc3c(cc2s1)OCO3.Cl. The Bertz CT molecular complexity index is 886. The van der Waals surface area contributed by atoms with E-state index in [0.717, 1.165) is 33.8 Å². The van der Waals surface area contributed by atoms with Gasteiger partial charge in [0, 0.05) is 18.7 Å². The highest BCUT2D eigenvalue weighted by atomic mass is 35.5. The molecule has 1 amide bonds. The Morgan fingerprint density at radius 3 is 2.70 bits per heavy atom. The summed E-state index contributed by atoms with van der Waals surface area (Å²) < 4.78 is 11.9. The normalized spacial score (nSPS) is 12.4. The lowest BCUT2D eigenvalue weighted by molar-refractivity contribution is 0.0990. The van der Waals surface area contributed by atoms with Gasteiger partial charge in [-0.3, -0.25) is 9.69 Å². The lowest BCUT2D eigenvalue weighted by Gasteiger charge is -2.20. The lowest BCUT2D eigenvalue weighted by atomic mass is 10.3. The Balaban J connectivity index is 0.00000210. The van der Waals surface area contributed by atoms with Crippen LogP contribution in [0.1, 0.15) is 16.1 Å². The fourth-order valence-electron chi connectivity index (χ4n) is 2.78. The van der Waals surface area contributed by atoms with Crippen LogP contribution in [0.5, 0.6) is 11.5 Å². The van der Waals surface area contributed by atoms with Crippen molar-refractivity contribution in [3.05, 3.63) is 34.5 Å². The fourth-order valence-corrected chi connectivity index (χ4v) is 4.46. The molecule has 144 valence electrons. The Morgan fingerprint density at radius 2 is 2.00 bits per heavy atom. The zero-order valence-corrected chi connectivity index (χ0v) is 17.5. The second kappa shape index (κ2) is 8.43. The maximum Gasteiger partial charge on any atom is 0.270 e. The van der Waals surface area contributed by atoms with Crippen LogP contribution in [0.4, 0.5) is 5.13 Å². The summed E-state index contributed by atoms with van der Waals surface area (Å²) in [5, 5.41) is 2.63. The first kappa shape index (κ1) is 19.9. The molecule has 27 heavy (non-hydrogen) atoms. The van der Waals surface area contributed by atoms with Gasteiger partial charge < -0.3 is 14.4 Å². The number of carbonyl (C=O) groups is 1. The summed E-state index contributed by atoms with van der Waals surface area (Å²) in [5.74, 6) is 1.44. The molecule has 6 nitrogen and oxygen atoms in total. The molecule has 0 unspecified atom stereocenters. The Kier molecular flexibility index (Phi) is 6.21. The number of aromatic nitrogens is 1. The maximum absolute atomic E-state index is 13.0. The van der Waals surface area contributed by atoms with Crippen molar-refractivity contribution in [2.75, 3.05) is 38.9 Å². The molecule has 0 atom stereocenters. The molecule has 0 bridgehead atoms. The average Bonchev–Trinajstić information content (AvgIpc) is 3.35. The molecular weight excluding hydrogens is 406 g/mol. The van der Waals surface area contributed by atoms with Gasteiger partial charge in [-0.15, -0.1) is 23.7 Å². The number of rotatable bonds is 6. The molecule has 0 aliphatic carbocycles. The van der Waals surface area contributed by atoms with Crippen molar-refractivity contribution in [1.82, 2.24) is 9.88 Å². The van der Waals surface area contributed by atoms with Gasteiger partial charge in [-0.05, 0) is 38.5 Å². The van der Waals surface area contributed by atoms with Crippen molar-refractivity contribution < 1.29 is 14.3 Å². The molecule has 3 aromatic rings. The molecule has 2 aromatic heterocycles. The number of hydrogen-bond donors (Lipinski definition) is 0. The minimum absolute atomic E-state index is 0. The van der Waals surface area contributed by atoms with Gasteiger partial charge in [0.15, 0.2) is 16.6 Å². The maximum atomic E-state index is 13.0. The molecule has 0 saturated carbocycles. The zero-order valence-electron chi connectivity index (χ0n) is 15.0. The molecule has 4 rings (SSSR count). The van der Waals surface area contributed by atoms with Crippen LogP contribution in [-0.4, -0.2) is 49.8 Å². The molecule has 1 aromatic carbocycles. The highest BCUT2D eigenvalue weighted by Crippen LogP contribution is 2.40. The van der Waals surface area contributed by atoms with E-state index < -0.39 is 0 Å². The number of fused-ring (bicyclic) bond motifs is 2. The van der Waals surface area contributed by atoms with Gasteiger partial charge in [0.25, 0.3) is 5.91 Å². The van der Waals surface area contributed by atoms with Crippen molar-refractivity contribution in [2.45, 2.75) is 6.42 Å². The summed E-state index contributed by atoms with van der Waals surface area (Å²) in [7, 11) is 4.06. The van der Waals surface area contributed by atoms with E-state index >= 15 is 0 Å². The average molecular weight is 426 g/mol. The van der Waals surface area contributed by atoms with Crippen molar-refractivity contribution in [3.63, 3.8) is 0 Å². The van der Waals surface area contributed by atoms with E-state index in [9.17, 15) is 4.79 Å². The first-order valence-corrected chi connectivity index (χ1v) is 10.0. The topological polar surface area (TPSA) is 54.9 Å². The fraction of sp³-hybridized carbons (Fsp3) is 0.333. The molecule has 1 aliphatic rings. The summed E-state index contributed by atoms with van der Waals surface area (Å²) in [6.45, 7) is 1.78. The number of anilines is 1. The van der Waals surface area contributed by atoms with Gasteiger partial charge >= 0.3 is 0 Å². The zero-order chi connectivity index (χ0) is 18.1. The molecule has 0 spiro atoms. The summed E-state index contributed by atoms with van der Waals surface area (Å²) in [5.41, 5.74) is 0.825. The number of nitrogens with zero attached hydrogens (tertiary/aromatic N) is 3. The predicted molar refractivity (Wildman–Crippen MR) is 112 cm³/mol. The predicted octanol–water partition coefficient (Wildman–Crippen LogP) is 4.11. The number of benzene rings is 1. The number of thiazole rings is 1. The number of halogens is 1. The molecule has 9 heteroatoms. The van der Waals surface area contributed by atoms with E-state index in [0.29, 0.717) is 17.4 Å². The van der Waals surface area contributed by atoms with Crippen LogP contribution in [0.15, 0.2) is 29.6 Å². The van der Waals surface area contributed by atoms with Gasteiger partial charge in [0.2, 0.25) is 6.79 Å². The van der Waals surface area contributed by atoms with Crippen LogP contribution >= 0.6 is 35.1 Å². The highest BCUT2D eigenvalue weighted by Gasteiger charge is 2.23. The second-order valence-electron chi connectivity index (χ2n) is 6.26. The first-order chi connectivity index (χ1) is 12.6. The lowest BCUT2D eigenvalue weighted by Crippen LogP contribution is -2.32. The van der Waals surface area contributed by atoms with E-state index in [-0.39, 0.29) is 25.1 Å². The van der Waals surface area contributed by atoms with Gasteiger partial charge in [-0.2, -0.15) is 0 Å². The van der Waals surface area contributed by atoms with Crippen molar-refractivity contribution in [2.24, 2.45) is 0 Å². The Morgan fingerprint density at radius 1 is 1.22 bits per heavy atom. The van der Waals surface area contributed by atoms with E-state index in [1.165, 1.54) is 22.7 Å². The van der Waals surface area contributed by atoms with Crippen LogP contribution in [0.2, 0.25) is 0 Å². The number of ether oxygens (including phenoxy) is 2. The number of hydrogen-bond acceptors (Lipinski definition) is 7. The quantitative estimate of drug-likeness (QED) is 0.595. The standard InChI is InChI=1S/C18H19N3O3S2.ClH/c1-20(2)6-4-7-21(17(22)15-5-3-8-25-15)18-19-12-9-13-14(24-11-23-13)10-16(12)26-18;/h3,5,8-10H,4,6-7,11H2,1-2H3;1H. The Hall–Kier alpha value is -1.87. The van der Waals surface area contributed by atoms with Crippen LogP contribution in [0, 0.1) is 0 Å². The smallest absolute Gasteiger partial charge is 0.270 e. The number of amides is 1.